The number of rotatable bonds is 8. The maximum Gasteiger partial charge on any atom is 0.323 e. The SMILES string of the molecule is C[C@H](c1ccccc1)N1C[C@@H](C(=O)N(CCN(C)C)CC(=O)O)CC1=O. The molecule has 142 valence electrons. The zero-order valence-electron chi connectivity index (χ0n) is 15.6. The van der Waals surface area contributed by atoms with Crippen molar-refractivity contribution in [3.05, 3.63) is 35.9 Å². The van der Waals surface area contributed by atoms with E-state index in [1.165, 1.54) is 4.90 Å². The molecule has 7 heteroatoms. The van der Waals surface area contributed by atoms with Gasteiger partial charge in [-0.3, -0.25) is 14.4 Å². The maximum absolute atomic E-state index is 12.8. The van der Waals surface area contributed by atoms with Gasteiger partial charge in [0.15, 0.2) is 0 Å². The van der Waals surface area contributed by atoms with Crippen LogP contribution in [0, 0.1) is 5.92 Å². The van der Waals surface area contributed by atoms with Crippen LogP contribution in [0.2, 0.25) is 0 Å². The molecular formula is C19H27N3O4. The first-order valence-electron chi connectivity index (χ1n) is 8.79. The van der Waals surface area contributed by atoms with E-state index < -0.39 is 11.9 Å². The number of carboxylic acids is 1. The zero-order chi connectivity index (χ0) is 19.3. The summed E-state index contributed by atoms with van der Waals surface area (Å²) < 4.78 is 0. The van der Waals surface area contributed by atoms with Gasteiger partial charge in [0, 0.05) is 26.1 Å². The van der Waals surface area contributed by atoms with Crippen molar-refractivity contribution in [1.82, 2.24) is 14.7 Å². The summed E-state index contributed by atoms with van der Waals surface area (Å²) in [5.74, 6) is -1.86. The molecule has 2 amide bonds. The lowest BCUT2D eigenvalue weighted by molar-refractivity contribution is -0.146. The Morgan fingerprint density at radius 3 is 2.46 bits per heavy atom. The van der Waals surface area contributed by atoms with Crippen LogP contribution in [0.1, 0.15) is 24.9 Å². The Morgan fingerprint density at radius 1 is 1.23 bits per heavy atom. The molecular weight excluding hydrogens is 334 g/mol. The van der Waals surface area contributed by atoms with Gasteiger partial charge in [-0.25, -0.2) is 0 Å². The van der Waals surface area contributed by atoms with Gasteiger partial charge in [0.1, 0.15) is 6.54 Å². The smallest absolute Gasteiger partial charge is 0.323 e. The molecule has 1 fully saturated rings. The summed E-state index contributed by atoms with van der Waals surface area (Å²) in [4.78, 5) is 41.3. The number of likely N-dealkylation sites (tertiary alicyclic amines) is 1. The summed E-state index contributed by atoms with van der Waals surface area (Å²) in [6, 6.07) is 9.57. The second-order valence-corrected chi connectivity index (χ2v) is 6.99. The molecule has 0 aromatic heterocycles. The summed E-state index contributed by atoms with van der Waals surface area (Å²) in [5.41, 5.74) is 1.02. The van der Waals surface area contributed by atoms with Crippen molar-refractivity contribution in [2.75, 3.05) is 40.3 Å². The molecule has 1 aliphatic heterocycles. The first kappa shape index (κ1) is 19.9. The molecule has 7 nitrogen and oxygen atoms in total. The minimum absolute atomic E-state index is 0.0670. The standard InChI is InChI=1S/C19H27N3O4/c1-14(15-7-5-4-6-8-15)22-12-16(11-17(22)23)19(26)21(13-18(24)25)10-9-20(2)3/h4-8,14,16H,9-13H2,1-3H3,(H,24,25)/t14-,16+/m1/s1. The van der Waals surface area contributed by atoms with E-state index in [4.69, 9.17) is 5.11 Å². The molecule has 1 heterocycles. The topological polar surface area (TPSA) is 81.2 Å². The van der Waals surface area contributed by atoms with Crippen molar-refractivity contribution >= 4 is 17.8 Å². The number of hydrogen-bond acceptors (Lipinski definition) is 4. The Bertz CT molecular complexity index is 647. The second-order valence-electron chi connectivity index (χ2n) is 6.99. The third-order valence-electron chi connectivity index (χ3n) is 4.71. The molecule has 2 atom stereocenters. The molecule has 2 rings (SSSR count). The summed E-state index contributed by atoms with van der Waals surface area (Å²) in [6.07, 6.45) is 0.133. The third-order valence-corrected chi connectivity index (χ3v) is 4.71. The highest BCUT2D eigenvalue weighted by Crippen LogP contribution is 2.29. The van der Waals surface area contributed by atoms with Gasteiger partial charge in [0.25, 0.3) is 0 Å². The lowest BCUT2D eigenvalue weighted by Crippen LogP contribution is -2.43. The van der Waals surface area contributed by atoms with Crippen molar-refractivity contribution in [2.24, 2.45) is 5.92 Å². The van der Waals surface area contributed by atoms with Crippen LogP contribution in [0.3, 0.4) is 0 Å². The zero-order valence-corrected chi connectivity index (χ0v) is 15.6. The normalized spacial score (nSPS) is 18.2. The van der Waals surface area contributed by atoms with E-state index in [9.17, 15) is 14.4 Å². The van der Waals surface area contributed by atoms with Gasteiger partial charge in [0.2, 0.25) is 11.8 Å². The largest absolute Gasteiger partial charge is 0.480 e. The fourth-order valence-corrected chi connectivity index (χ4v) is 3.19. The Balaban J connectivity index is 2.06. The van der Waals surface area contributed by atoms with E-state index in [0.29, 0.717) is 19.6 Å². The lowest BCUT2D eigenvalue weighted by Gasteiger charge is -2.27. The molecule has 0 radical (unpaired) electrons. The number of carbonyl (C=O) groups is 3. The first-order valence-corrected chi connectivity index (χ1v) is 8.79. The Labute approximate surface area is 154 Å². The van der Waals surface area contributed by atoms with Gasteiger partial charge in [-0.05, 0) is 26.6 Å². The second kappa shape index (κ2) is 8.80. The van der Waals surface area contributed by atoms with Crippen molar-refractivity contribution in [2.45, 2.75) is 19.4 Å². The molecule has 0 spiro atoms. The van der Waals surface area contributed by atoms with Crippen LogP contribution in [-0.4, -0.2) is 77.9 Å². The van der Waals surface area contributed by atoms with E-state index in [-0.39, 0.29) is 30.8 Å². The Hall–Kier alpha value is -2.41. The van der Waals surface area contributed by atoms with E-state index in [2.05, 4.69) is 0 Å². The highest BCUT2D eigenvalue weighted by Gasteiger charge is 2.39. The van der Waals surface area contributed by atoms with Crippen molar-refractivity contribution < 1.29 is 19.5 Å². The molecule has 1 aliphatic rings. The van der Waals surface area contributed by atoms with Gasteiger partial charge in [-0.1, -0.05) is 30.3 Å². The Kier molecular flexibility index (Phi) is 6.74. The van der Waals surface area contributed by atoms with Gasteiger partial charge in [0.05, 0.1) is 12.0 Å². The number of hydrogen-bond donors (Lipinski definition) is 1. The fraction of sp³-hybridized carbons (Fsp3) is 0.526. The molecule has 1 saturated heterocycles. The average molecular weight is 361 g/mol. The van der Waals surface area contributed by atoms with Crippen LogP contribution in [0.4, 0.5) is 0 Å². The number of benzene rings is 1. The number of nitrogens with zero attached hydrogens (tertiary/aromatic N) is 3. The average Bonchev–Trinajstić information content (AvgIpc) is 2.99. The fourth-order valence-electron chi connectivity index (χ4n) is 3.19. The summed E-state index contributed by atoms with van der Waals surface area (Å²) in [6.45, 7) is 2.83. The summed E-state index contributed by atoms with van der Waals surface area (Å²) in [7, 11) is 3.73. The summed E-state index contributed by atoms with van der Waals surface area (Å²) >= 11 is 0. The monoisotopic (exact) mass is 361 g/mol. The van der Waals surface area contributed by atoms with Crippen LogP contribution in [-0.2, 0) is 14.4 Å². The molecule has 0 saturated carbocycles. The first-order chi connectivity index (χ1) is 12.3. The number of aliphatic carboxylic acids is 1. The molecule has 1 aromatic rings. The lowest BCUT2D eigenvalue weighted by atomic mass is 10.1. The predicted molar refractivity (Wildman–Crippen MR) is 97.4 cm³/mol. The predicted octanol–water partition coefficient (Wildman–Crippen LogP) is 1.07. The molecule has 1 N–H and O–H groups in total. The van der Waals surface area contributed by atoms with Crippen molar-refractivity contribution in [1.29, 1.82) is 0 Å². The van der Waals surface area contributed by atoms with E-state index in [0.717, 1.165) is 5.56 Å². The van der Waals surface area contributed by atoms with Crippen LogP contribution in [0.15, 0.2) is 30.3 Å². The van der Waals surface area contributed by atoms with Gasteiger partial charge >= 0.3 is 5.97 Å². The van der Waals surface area contributed by atoms with Gasteiger partial charge in [-0.2, -0.15) is 0 Å². The minimum Gasteiger partial charge on any atom is -0.480 e. The molecule has 26 heavy (non-hydrogen) atoms. The maximum atomic E-state index is 12.8. The molecule has 1 aromatic carbocycles. The number of carboxylic acid groups (broad SMARTS) is 1. The van der Waals surface area contributed by atoms with E-state index in [1.807, 2.05) is 56.3 Å². The van der Waals surface area contributed by atoms with Crippen LogP contribution in [0.5, 0.6) is 0 Å². The van der Waals surface area contributed by atoms with Gasteiger partial charge < -0.3 is 19.8 Å². The van der Waals surface area contributed by atoms with Crippen molar-refractivity contribution in [3.63, 3.8) is 0 Å². The number of amides is 2. The van der Waals surface area contributed by atoms with Crippen LogP contribution in [0.25, 0.3) is 0 Å². The third kappa shape index (κ3) is 5.05. The van der Waals surface area contributed by atoms with Crippen molar-refractivity contribution in [3.8, 4) is 0 Å². The summed E-state index contributed by atoms with van der Waals surface area (Å²) in [5, 5.41) is 9.10. The van der Waals surface area contributed by atoms with Crippen LogP contribution >= 0.6 is 0 Å². The molecule has 0 unspecified atom stereocenters. The minimum atomic E-state index is -1.05. The highest BCUT2D eigenvalue weighted by molar-refractivity contribution is 5.90. The number of likely N-dealkylation sites (N-methyl/N-ethyl adjacent to an activating group) is 1. The van der Waals surface area contributed by atoms with Crippen LogP contribution < -0.4 is 0 Å². The van der Waals surface area contributed by atoms with E-state index >= 15 is 0 Å². The molecule has 0 bridgehead atoms. The van der Waals surface area contributed by atoms with Gasteiger partial charge in [-0.15, -0.1) is 0 Å². The van der Waals surface area contributed by atoms with E-state index in [1.54, 1.807) is 4.90 Å². The quantitative estimate of drug-likeness (QED) is 0.749. The Morgan fingerprint density at radius 2 is 1.88 bits per heavy atom. The number of carbonyl (C=O) groups excluding carboxylic acids is 2. The molecule has 0 aliphatic carbocycles. The highest BCUT2D eigenvalue weighted by atomic mass is 16.4.